The molecule has 98 valence electrons. The lowest BCUT2D eigenvalue weighted by Gasteiger charge is -2.25. The average molecular weight is 253 g/mol. The van der Waals surface area contributed by atoms with Crippen molar-refractivity contribution in [2.75, 3.05) is 0 Å². The van der Waals surface area contributed by atoms with Crippen LogP contribution in [0.25, 0.3) is 10.8 Å². The zero-order valence-corrected chi connectivity index (χ0v) is 11.3. The smallest absolute Gasteiger partial charge is 0.166 e. The zero-order valence-electron chi connectivity index (χ0n) is 11.3. The second-order valence-corrected chi connectivity index (χ2v) is 5.74. The molecule has 1 heterocycles. The van der Waals surface area contributed by atoms with Crippen LogP contribution < -0.4 is 0 Å². The summed E-state index contributed by atoms with van der Waals surface area (Å²) in [5, 5.41) is 2.10. The van der Waals surface area contributed by atoms with Crippen molar-refractivity contribution in [1.82, 2.24) is 4.98 Å². The van der Waals surface area contributed by atoms with Crippen LogP contribution in [0.2, 0.25) is 0 Å². The second-order valence-electron chi connectivity index (χ2n) is 5.74. The van der Waals surface area contributed by atoms with E-state index in [1.54, 1.807) is 6.20 Å². The van der Waals surface area contributed by atoms with Crippen molar-refractivity contribution in [3.63, 3.8) is 0 Å². The van der Waals surface area contributed by atoms with Crippen molar-refractivity contribution in [3.05, 3.63) is 42.2 Å². The zero-order chi connectivity index (χ0) is 13.2. The molecule has 1 aromatic heterocycles. The topological polar surface area (TPSA) is 30.0 Å². The third kappa shape index (κ3) is 2.40. The summed E-state index contributed by atoms with van der Waals surface area (Å²) in [6.07, 6.45) is 8.12. The number of pyridine rings is 1. The van der Waals surface area contributed by atoms with Crippen LogP contribution in [0.5, 0.6) is 0 Å². The van der Waals surface area contributed by atoms with Gasteiger partial charge in [0.05, 0.1) is 0 Å². The van der Waals surface area contributed by atoms with Crippen LogP contribution in [0.1, 0.15) is 43.0 Å². The summed E-state index contributed by atoms with van der Waals surface area (Å²) in [7, 11) is 0. The standard InChI is InChI=1S/C17H19NO/c1-12-4-2-6-14(10-12)17(19)15-7-3-5-13-8-9-18-11-16(13)15/h3,5,7-9,11-12,14H,2,4,6,10H2,1H3. The highest BCUT2D eigenvalue weighted by Gasteiger charge is 2.26. The summed E-state index contributed by atoms with van der Waals surface area (Å²) in [5.41, 5.74) is 0.852. The van der Waals surface area contributed by atoms with Crippen molar-refractivity contribution in [2.24, 2.45) is 11.8 Å². The molecule has 0 spiro atoms. The lowest BCUT2D eigenvalue weighted by Crippen LogP contribution is -2.22. The number of Topliss-reactive ketones (excluding diaryl/α,β-unsaturated/α-hetero) is 1. The van der Waals surface area contributed by atoms with E-state index in [1.165, 1.54) is 12.8 Å². The van der Waals surface area contributed by atoms with Crippen LogP contribution in [0.15, 0.2) is 36.7 Å². The van der Waals surface area contributed by atoms with E-state index in [-0.39, 0.29) is 5.92 Å². The molecule has 1 saturated carbocycles. The van der Waals surface area contributed by atoms with Crippen LogP contribution in [0.3, 0.4) is 0 Å². The summed E-state index contributed by atoms with van der Waals surface area (Å²) in [4.78, 5) is 16.9. The molecular formula is C17H19NO. The summed E-state index contributed by atoms with van der Waals surface area (Å²) >= 11 is 0. The first-order valence-corrected chi connectivity index (χ1v) is 7.12. The Morgan fingerprint density at radius 1 is 1.26 bits per heavy atom. The Balaban J connectivity index is 1.97. The largest absolute Gasteiger partial charge is 0.294 e. The number of carbonyl (C=O) groups excluding carboxylic acids is 1. The Kier molecular flexibility index (Phi) is 3.33. The van der Waals surface area contributed by atoms with E-state index >= 15 is 0 Å². The van der Waals surface area contributed by atoms with E-state index in [1.807, 2.05) is 30.5 Å². The molecule has 2 aromatic rings. The molecule has 19 heavy (non-hydrogen) atoms. The van der Waals surface area contributed by atoms with Gasteiger partial charge in [-0.1, -0.05) is 38.0 Å². The Labute approximate surface area is 113 Å². The number of aromatic nitrogens is 1. The summed E-state index contributed by atoms with van der Waals surface area (Å²) in [5.74, 6) is 1.19. The van der Waals surface area contributed by atoms with Gasteiger partial charge >= 0.3 is 0 Å². The minimum atomic E-state index is 0.203. The average Bonchev–Trinajstić information content (AvgIpc) is 2.46. The maximum atomic E-state index is 12.7. The van der Waals surface area contributed by atoms with E-state index < -0.39 is 0 Å². The maximum absolute atomic E-state index is 12.7. The minimum Gasteiger partial charge on any atom is -0.294 e. The first-order valence-electron chi connectivity index (χ1n) is 7.12. The molecule has 3 rings (SSSR count). The number of hydrogen-bond acceptors (Lipinski definition) is 2. The number of carbonyl (C=O) groups is 1. The summed E-state index contributed by atoms with van der Waals surface area (Å²) < 4.78 is 0. The monoisotopic (exact) mass is 253 g/mol. The van der Waals surface area contributed by atoms with Crippen molar-refractivity contribution in [1.29, 1.82) is 0 Å². The van der Waals surface area contributed by atoms with Gasteiger partial charge in [-0.15, -0.1) is 0 Å². The Morgan fingerprint density at radius 3 is 3.00 bits per heavy atom. The second kappa shape index (κ2) is 5.12. The molecule has 0 N–H and O–H groups in total. The highest BCUT2D eigenvalue weighted by Crippen LogP contribution is 2.32. The van der Waals surface area contributed by atoms with Gasteiger partial charge in [0.25, 0.3) is 0 Å². The number of rotatable bonds is 2. The fourth-order valence-corrected chi connectivity index (χ4v) is 3.22. The van der Waals surface area contributed by atoms with Gasteiger partial charge in [0.2, 0.25) is 0 Å². The minimum absolute atomic E-state index is 0.203. The molecule has 2 nitrogen and oxygen atoms in total. The SMILES string of the molecule is CC1CCCC(C(=O)c2cccc3ccncc23)C1. The summed E-state index contributed by atoms with van der Waals surface area (Å²) in [6, 6.07) is 7.93. The van der Waals surface area contributed by atoms with Gasteiger partial charge in [0.15, 0.2) is 5.78 Å². The van der Waals surface area contributed by atoms with Gasteiger partial charge in [-0.3, -0.25) is 9.78 Å². The Morgan fingerprint density at radius 2 is 2.16 bits per heavy atom. The molecule has 0 saturated heterocycles. The number of hydrogen-bond donors (Lipinski definition) is 0. The third-order valence-electron chi connectivity index (χ3n) is 4.26. The van der Waals surface area contributed by atoms with E-state index in [2.05, 4.69) is 11.9 Å². The Bertz CT molecular complexity index is 600. The van der Waals surface area contributed by atoms with E-state index in [9.17, 15) is 4.79 Å². The Hall–Kier alpha value is -1.70. The molecule has 1 aliphatic carbocycles. The van der Waals surface area contributed by atoms with E-state index in [0.29, 0.717) is 11.7 Å². The predicted molar refractivity (Wildman–Crippen MR) is 77.2 cm³/mol. The van der Waals surface area contributed by atoms with Crippen molar-refractivity contribution in [3.8, 4) is 0 Å². The molecule has 2 heteroatoms. The molecule has 0 bridgehead atoms. The maximum Gasteiger partial charge on any atom is 0.166 e. The number of ketones is 1. The predicted octanol–water partition coefficient (Wildman–Crippen LogP) is 4.24. The normalized spacial score (nSPS) is 23.4. The number of nitrogens with zero attached hydrogens (tertiary/aromatic N) is 1. The van der Waals surface area contributed by atoms with Gasteiger partial charge in [0.1, 0.15) is 0 Å². The van der Waals surface area contributed by atoms with Gasteiger partial charge in [-0.25, -0.2) is 0 Å². The first kappa shape index (κ1) is 12.3. The highest BCUT2D eigenvalue weighted by molar-refractivity contribution is 6.08. The lowest BCUT2D eigenvalue weighted by atomic mass is 9.78. The molecule has 2 unspecified atom stereocenters. The fraction of sp³-hybridized carbons (Fsp3) is 0.412. The van der Waals surface area contributed by atoms with Crippen LogP contribution in [-0.2, 0) is 0 Å². The van der Waals surface area contributed by atoms with Crippen LogP contribution >= 0.6 is 0 Å². The molecule has 0 radical (unpaired) electrons. The molecule has 0 aliphatic heterocycles. The van der Waals surface area contributed by atoms with E-state index in [4.69, 9.17) is 0 Å². The molecule has 2 atom stereocenters. The van der Waals surface area contributed by atoms with Crippen LogP contribution in [0.4, 0.5) is 0 Å². The van der Waals surface area contributed by atoms with Gasteiger partial charge in [-0.05, 0) is 30.2 Å². The van der Waals surface area contributed by atoms with Gasteiger partial charge in [-0.2, -0.15) is 0 Å². The lowest BCUT2D eigenvalue weighted by molar-refractivity contribution is 0.0870. The highest BCUT2D eigenvalue weighted by atomic mass is 16.1. The van der Waals surface area contributed by atoms with Crippen LogP contribution in [0, 0.1) is 11.8 Å². The molecular weight excluding hydrogens is 234 g/mol. The molecule has 1 aromatic carbocycles. The molecule has 1 aliphatic rings. The third-order valence-corrected chi connectivity index (χ3v) is 4.26. The number of benzene rings is 1. The molecule has 0 amide bonds. The fourth-order valence-electron chi connectivity index (χ4n) is 3.22. The number of fused-ring (bicyclic) bond motifs is 1. The van der Waals surface area contributed by atoms with Crippen LogP contribution in [-0.4, -0.2) is 10.8 Å². The van der Waals surface area contributed by atoms with E-state index in [0.717, 1.165) is 29.2 Å². The van der Waals surface area contributed by atoms with Gasteiger partial charge < -0.3 is 0 Å². The van der Waals surface area contributed by atoms with Gasteiger partial charge in [0, 0.05) is 29.3 Å². The van der Waals surface area contributed by atoms with Crippen molar-refractivity contribution >= 4 is 16.6 Å². The molecule has 1 fully saturated rings. The van der Waals surface area contributed by atoms with Crippen molar-refractivity contribution < 1.29 is 4.79 Å². The van der Waals surface area contributed by atoms with Crippen molar-refractivity contribution in [2.45, 2.75) is 32.6 Å². The summed E-state index contributed by atoms with van der Waals surface area (Å²) in [6.45, 7) is 2.25. The quantitative estimate of drug-likeness (QED) is 0.749. The first-order chi connectivity index (χ1) is 9.25.